The molecule has 4 rings (SSSR count). The summed E-state index contributed by atoms with van der Waals surface area (Å²) in [5, 5.41) is 20.5. The van der Waals surface area contributed by atoms with Crippen molar-refractivity contribution in [3.63, 3.8) is 0 Å². The number of H-pyrrole nitrogens is 1. The molecule has 0 aromatic carbocycles. The highest BCUT2D eigenvalue weighted by molar-refractivity contribution is 5.70. The summed E-state index contributed by atoms with van der Waals surface area (Å²) >= 11 is 0. The monoisotopic (exact) mass is 394 g/mol. The molecule has 29 heavy (non-hydrogen) atoms. The first kappa shape index (κ1) is 20.2. The number of fused-ring (bicyclic) bond motifs is 1. The maximum Gasteiger partial charge on any atom is 0.112 e. The number of hydrogen-bond acceptors (Lipinski definition) is 4. The molecule has 5 nitrogen and oxygen atoms in total. The SMILES string of the molecule is CC(C)N(CC1=CCNCC1)C(O)Cc1c(C2=CC=CNC2)[nH]c2c1=CCCC=2. The molecular formula is C24H34N4O. The Morgan fingerprint density at radius 2 is 2.03 bits per heavy atom. The van der Waals surface area contributed by atoms with Gasteiger partial charge in [-0.2, -0.15) is 0 Å². The van der Waals surface area contributed by atoms with Crippen LogP contribution in [0.5, 0.6) is 0 Å². The molecule has 0 amide bonds. The van der Waals surface area contributed by atoms with E-state index in [0.717, 1.165) is 45.4 Å². The van der Waals surface area contributed by atoms with Crippen molar-refractivity contribution in [2.75, 3.05) is 26.2 Å². The number of aromatic amines is 1. The van der Waals surface area contributed by atoms with Gasteiger partial charge in [-0.3, -0.25) is 4.90 Å². The third-order valence-electron chi connectivity index (χ3n) is 6.14. The van der Waals surface area contributed by atoms with Crippen molar-refractivity contribution in [2.24, 2.45) is 0 Å². The van der Waals surface area contributed by atoms with Crippen LogP contribution in [0, 0.1) is 0 Å². The molecule has 1 unspecified atom stereocenters. The van der Waals surface area contributed by atoms with Crippen molar-refractivity contribution in [3.8, 4) is 0 Å². The minimum atomic E-state index is -0.507. The summed E-state index contributed by atoms with van der Waals surface area (Å²) in [5.41, 5.74) is 5.10. The second kappa shape index (κ2) is 9.16. The molecule has 0 bridgehead atoms. The molecular weight excluding hydrogens is 360 g/mol. The first-order valence-electron chi connectivity index (χ1n) is 11.0. The van der Waals surface area contributed by atoms with Gasteiger partial charge >= 0.3 is 0 Å². The normalized spacial score (nSPS) is 19.8. The van der Waals surface area contributed by atoms with Gasteiger partial charge in [-0.15, -0.1) is 0 Å². The second-order valence-electron chi connectivity index (χ2n) is 8.49. The predicted molar refractivity (Wildman–Crippen MR) is 120 cm³/mol. The Labute approximate surface area is 173 Å². The predicted octanol–water partition coefficient (Wildman–Crippen LogP) is 1.36. The van der Waals surface area contributed by atoms with E-state index in [0.29, 0.717) is 6.42 Å². The zero-order valence-corrected chi connectivity index (χ0v) is 17.7. The van der Waals surface area contributed by atoms with Crippen LogP contribution in [0.25, 0.3) is 17.7 Å². The zero-order chi connectivity index (χ0) is 20.2. The number of aliphatic hydroxyl groups is 1. The van der Waals surface area contributed by atoms with Gasteiger partial charge in [0.05, 0.1) is 0 Å². The fraction of sp³-hybridized carbons (Fsp3) is 0.500. The van der Waals surface area contributed by atoms with Crippen LogP contribution in [-0.2, 0) is 6.42 Å². The van der Waals surface area contributed by atoms with Crippen LogP contribution in [0.1, 0.15) is 44.4 Å². The quantitative estimate of drug-likeness (QED) is 0.417. The summed E-state index contributed by atoms with van der Waals surface area (Å²) in [7, 11) is 0. The molecule has 0 fully saturated rings. The Morgan fingerprint density at radius 3 is 2.76 bits per heavy atom. The summed E-state index contributed by atoms with van der Waals surface area (Å²) in [6, 6.07) is 0.285. The Morgan fingerprint density at radius 1 is 1.17 bits per heavy atom. The molecule has 0 saturated carbocycles. The minimum Gasteiger partial charge on any atom is -0.387 e. The summed E-state index contributed by atoms with van der Waals surface area (Å²) in [4.78, 5) is 5.88. The molecule has 1 aromatic rings. The number of hydrogen-bond donors (Lipinski definition) is 4. The first-order valence-corrected chi connectivity index (χ1v) is 11.0. The van der Waals surface area contributed by atoms with E-state index >= 15 is 0 Å². The van der Waals surface area contributed by atoms with E-state index < -0.39 is 6.23 Å². The Hall–Kier alpha value is -2.08. The maximum absolute atomic E-state index is 11.3. The van der Waals surface area contributed by atoms with Gasteiger partial charge < -0.3 is 20.7 Å². The molecule has 156 valence electrons. The lowest BCUT2D eigenvalue weighted by atomic mass is 9.99. The van der Waals surface area contributed by atoms with Gasteiger partial charge in [0.15, 0.2) is 0 Å². The van der Waals surface area contributed by atoms with E-state index in [-0.39, 0.29) is 6.04 Å². The molecule has 5 heteroatoms. The van der Waals surface area contributed by atoms with E-state index in [2.05, 4.69) is 64.7 Å². The molecule has 0 spiro atoms. The van der Waals surface area contributed by atoms with Gasteiger partial charge in [-0.05, 0) is 68.3 Å². The average molecular weight is 395 g/mol. The molecule has 4 N–H and O–H groups in total. The van der Waals surface area contributed by atoms with Crippen LogP contribution in [0.2, 0.25) is 0 Å². The van der Waals surface area contributed by atoms with Gasteiger partial charge in [0.2, 0.25) is 0 Å². The van der Waals surface area contributed by atoms with Gasteiger partial charge in [0.1, 0.15) is 6.23 Å². The molecule has 1 atom stereocenters. The number of nitrogens with zero attached hydrogens (tertiary/aromatic N) is 1. The largest absolute Gasteiger partial charge is 0.387 e. The fourth-order valence-electron chi connectivity index (χ4n) is 4.52. The van der Waals surface area contributed by atoms with Crippen molar-refractivity contribution in [2.45, 2.75) is 51.8 Å². The molecule has 3 heterocycles. The van der Waals surface area contributed by atoms with Gasteiger partial charge in [0.25, 0.3) is 0 Å². The topological polar surface area (TPSA) is 63.3 Å². The number of aromatic nitrogens is 1. The number of nitrogens with one attached hydrogen (secondary N) is 3. The highest BCUT2D eigenvalue weighted by atomic mass is 16.3. The number of aliphatic hydroxyl groups excluding tert-OH is 1. The molecule has 0 saturated heterocycles. The maximum atomic E-state index is 11.3. The highest BCUT2D eigenvalue weighted by Crippen LogP contribution is 2.20. The summed E-state index contributed by atoms with van der Waals surface area (Å²) in [6.45, 7) is 7.97. The van der Waals surface area contributed by atoms with Crippen LogP contribution in [0.3, 0.4) is 0 Å². The van der Waals surface area contributed by atoms with Gasteiger partial charge in [-0.25, -0.2) is 0 Å². The fourth-order valence-corrected chi connectivity index (χ4v) is 4.52. The lowest BCUT2D eigenvalue weighted by Crippen LogP contribution is -2.44. The van der Waals surface area contributed by atoms with Crippen molar-refractivity contribution in [1.29, 1.82) is 0 Å². The van der Waals surface area contributed by atoms with Crippen molar-refractivity contribution in [1.82, 2.24) is 20.5 Å². The number of allylic oxidation sites excluding steroid dienone is 2. The Bertz CT molecular complexity index is 935. The van der Waals surface area contributed by atoms with Crippen LogP contribution in [0.4, 0.5) is 0 Å². The summed E-state index contributed by atoms with van der Waals surface area (Å²) in [5.74, 6) is 0. The smallest absolute Gasteiger partial charge is 0.112 e. The summed E-state index contributed by atoms with van der Waals surface area (Å²) < 4.78 is 0. The minimum absolute atomic E-state index is 0.285. The van der Waals surface area contributed by atoms with Crippen LogP contribution < -0.4 is 21.2 Å². The number of dihydropyridines is 1. The Kier molecular flexibility index (Phi) is 6.38. The lowest BCUT2D eigenvalue weighted by molar-refractivity contribution is -0.00998. The van der Waals surface area contributed by atoms with Gasteiger partial charge in [0, 0.05) is 43.1 Å². The van der Waals surface area contributed by atoms with Crippen molar-refractivity contribution >= 4 is 17.7 Å². The van der Waals surface area contributed by atoms with E-state index in [1.807, 2.05) is 6.20 Å². The van der Waals surface area contributed by atoms with Crippen molar-refractivity contribution < 1.29 is 5.11 Å². The van der Waals surface area contributed by atoms with E-state index in [9.17, 15) is 5.11 Å². The lowest BCUT2D eigenvalue weighted by Gasteiger charge is -2.33. The van der Waals surface area contributed by atoms with Gasteiger partial charge in [-0.1, -0.05) is 29.9 Å². The number of rotatable bonds is 7. The second-order valence-corrected chi connectivity index (χ2v) is 8.49. The van der Waals surface area contributed by atoms with E-state index in [4.69, 9.17) is 0 Å². The molecule has 1 aromatic heterocycles. The third kappa shape index (κ3) is 4.58. The Balaban J connectivity index is 1.63. The van der Waals surface area contributed by atoms with E-state index in [1.54, 1.807) is 0 Å². The molecule has 1 aliphatic carbocycles. The van der Waals surface area contributed by atoms with Crippen molar-refractivity contribution in [3.05, 3.63) is 51.8 Å². The standard InChI is InChI=1S/C24H34N4O/c1-17(2)28(16-18-9-12-25-13-10-18)23(29)14-21-20-7-3-4-8-22(20)27-24(21)19-6-5-11-26-15-19/h5-9,11,17,23,25-27,29H,3-4,10,12-16H2,1-2H3. The highest BCUT2D eigenvalue weighted by Gasteiger charge is 2.24. The summed E-state index contributed by atoms with van der Waals surface area (Å²) in [6.07, 6.45) is 16.4. The van der Waals surface area contributed by atoms with Crippen LogP contribution in [-0.4, -0.2) is 53.4 Å². The average Bonchev–Trinajstić information content (AvgIpc) is 3.11. The first-order chi connectivity index (χ1) is 14.1. The third-order valence-corrected chi connectivity index (χ3v) is 6.14. The molecule has 2 aliphatic heterocycles. The van der Waals surface area contributed by atoms with Crippen LogP contribution >= 0.6 is 0 Å². The van der Waals surface area contributed by atoms with E-state index in [1.165, 1.54) is 33.0 Å². The molecule has 3 aliphatic rings. The van der Waals surface area contributed by atoms with Crippen LogP contribution in [0.15, 0.2) is 30.0 Å². The molecule has 0 radical (unpaired) electrons. The zero-order valence-electron chi connectivity index (χ0n) is 17.7.